The second kappa shape index (κ2) is 5.31. The van der Waals surface area contributed by atoms with Gasteiger partial charge in [0.05, 0.1) is 6.61 Å². The largest absolute Gasteiger partial charge is 0.522 e. The zero-order valence-electron chi connectivity index (χ0n) is 9.89. The molecule has 0 radical (unpaired) electrons. The van der Waals surface area contributed by atoms with Crippen LogP contribution in [-0.4, -0.2) is 22.5 Å². The number of aromatic nitrogens is 2. The number of hydrogen-bond donors (Lipinski definition) is 1. The van der Waals surface area contributed by atoms with Gasteiger partial charge in [-0.15, -0.1) is 13.2 Å². The summed E-state index contributed by atoms with van der Waals surface area (Å²) in [5, 5.41) is 0. The van der Waals surface area contributed by atoms with Crippen LogP contribution in [0.15, 0.2) is 36.7 Å². The molecule has 0 bridgehead atoms. The van der Waals surface area contributed by atoms with Crippen LogP contribution < -0.4 is 5.73 Å². The number of nitrogens with zero attached hydrogens (tertiary/aromatic N) is 2. The predicted molar refractivity (Wildman–Crippen MR) is 64.1 cm³/mol. The van der Waals surface area contributed by atoms with Gasteiger partial charge in [-0.05, 0) is 24.3 Å². The summed E-state index contributed by atoms with van der Waals surface area (Å²) >= 11 is 0. The standard InChI is InChI=1S/C12H12F3N3O/c13-12(14,15)19-8-7-18-6-5-17-11(18)9-1-3-10(16)4-2-9/h1-6H,7-8,16H2. The Morgan fingerprint density at radius 3 is 2.53 bits per heavy atom. The number of alkyl halides is 3. The Bertz CT molecular complexity index is 534. The summed E-state index contributed by atoms with van der Waals surface area (Å²) in [6, 6.07) is 6.94. The third-order valence-electron chi connectivity index (χ3n) is 2.48. The van der Waals surface area contributed by atoms with E-state index < -0.39 is 13.0 Å². The molecule has 0 aliphatic heterocycles. The van der Waals surface area contributed by atoms with E-state index in [1.54, 1.807) is 35.0 Å². The normalized spacial score (nSPS) is 11.7. The minimum absolute atomic E-state index is 0.0687. The van der Waals surface area contributed by atoms with Crippen LogP contribution in [0.25, 0.3) is 11.4 Å². The summed E-state index contributed by atoms with van der Waals surface area (Å²) in [5.74, 6) is 0.575. The number of benzene rings is 1. The lowest BCUT2D eigenvalue weighted by Gasteiger charge is -2.10. The molecule has 0 atom stereocenters. The molecule has 0 saturated heterocycles. The average Bonchev–Trinajstić information content (AvgIpc) is 2.77. The van der Waals surface area contributed by atoms with Crippen molar-refractivity contribution in [1.82, 2.24) is 9.55 Å². The second-order valence-corrected chi connectivity index (χ2v) is 3.86. The maximum absolute atomic E-state index is 11.9. The molecule has 1 heterocycles. The zero-order valence-corrected chi connectivity index (χ0v) is 9.89. The van der Waals surface area contributed by atoms with Gasteiger partial charge in [-0.2, -0.15) is 0 Å². The molecule has 0 saturated carbocycles. The predicted octanol–water partition coefficient (Wildman–Crippen LogP) is 2.67. The topological polar surface area (TPSA) is 53.1 Å². The molecule has 102 valence electrons. The number of imidazole rings is 1. The molecule has 7 heteroatoms. The Labute approximate surface area is 107 Å². The van der Waals surface area contributed by atoms with E-state index >= 15 is 0 Å². The van der Waals surface area contributed by atoms with E-state index in [4.69, 9.17) is 5.73 Å². The van der Waals surface area contributed by atoms with Crippen molar-refractivity contribution in [3.05, 3.63) is 36.7 Å². The Morgan fingerprint density at radius 1 is 1.21 bits per heavy atom. The highest BCUT2D eigenvalue weighted by Gasteiger charge is 2.28. The molecule has 0 fully saturated rings. The minimum atomic E-state index is -4.61. The van der Waals surface area contributed by atoms with Crippen LogP contribution in [0.3, 0.4) is 0 Å². The van der Waals surface area contributed by atoms with Gasteiger partial charge in [-0.1, -0.05) is 0 Å². The van der Waals surface area contributed by atoms with Crippen molar-refractivity contribution in [3.63, 3.8) is 0 Å². The lowest BCUT2D eigenvalue weighted by molar-refractivity contribution is -0.325. The summed E-state index contributed by atoms with van der Waals surface area (Å²) in [5.41, 5.74) is 6.97. The molecule has 0 unspecified atom stereocenters. The summed E-state index contributed by atoms with van der Waals surface area (Å²) in [6.07, 6.45) is -1.48. The SMILES string of the molecule is Nc1ccc(-c2nccn2CCOC(F)(F)F)cc1. The van der Waals surface area contributed by atoms with Crippen molar-refractivity contribution in [1.29, 1.82) is 0 Å². The smallest absolute Gasteiger partial charge is 0.399 e. The first kappa shape index (κ1) is 13.4. The van der Waals surface area contributed by atoms with Crippen molar-refractivity contribution in [2.45, 2.75) is 12.9 Å². The van der Waals surface area contributed by atoms with Crippen molar-refractivity contribution in [2.75, 3.05) is 12.3 Å². The van der Waals surface area contributed by atoms with Gasteiger partial charge in [0.2, 0.25) is 0 Å². The third-order valence-corrected chi connectivity index (χ3v) is 2.48. The van der Waals surface area contributed by atoms with Gasteiger partial charge >= 0.3 is 6.36 Å². The Kier molecular flexibility index (Phi) is 3.75. The molecule has 1 aromatic carbocycles. The highest BCUT2D eigenvalue weighted by atomic mass is 19.4. The van der Waals surface area contributed by atoms with Crippen LogP contribution in [0.2, 0.25) is 0 Å². The summed E-state index contributed by atoms with van der Waals surface area (Å²) in [7, 11) is 0. The van der Waals surface area contributed by atoms with E-state index in [9.17, 15) is 13.2 Å². The monoisotopic (exact) mass is 271 g/mol. The maximum Gasteiger partial charge on any atom is 0.522 e. The number of hydrogen-bond acceptors (Lipinski definition) is 3. The Hall–Kier alpha value is -2.02. The lowest BCUT2D eigenvalue weighted by atomic mass is 10.2. The number of nitrogens with two attached hydrogens (primary N) is 1. The van der Waals surface area contributed by atoms with Gasteiger partial charge in [-0.3, -0.25) is 4.74 Å². The second-order valence-electron chi connectivity index (χ2n) is 3.86. The van der Waals surface area contributed by atoms with E-state index in [-0.39, 0.29) is 6.54 Å². The molecule has 4 nitrogen and oxygen atoms in total. The third kappa shape index (κ3) is 3.72. The molecule has 0 aliphatic rings. The fourth-order valence-corrected chi connectivity index (χ4v) is 1.64. The van der Waals surface area contributed by atoms with E-state index in [0.29, 0.717) is 11.5 Å². The summed E-state index contributed by atoms with van der Waals surface area (Å²) in [6.45, 7) is -0.388. The van der Waals surface area contributed by atoms with Crippen molar-refractivity contribution in [3.8, 4) is 11.4 Å². The van der Waals surface area contributed by atoms with Gasteiger partial charge in [-0.25, -0.2) is 4.98 Å². The molecular weight excluding hydrogens is 259 g/mol. The van der Waals surface area contributed by atoms with Gasteiger partial charge in [0.1, 0.15) is 5.82 Å². The van der Waals surface area contributed by atoms with Crippen LogP contribution >= 0.6 is 0 Å². The highest BCUT2D eigenvalue weighted by Crippen LogP contribution is 2.20. The van der Waals surface area contributed by atoms with Gasteiger partial charge in [0, 0.05) is 30.2 Å². The van der Waals surface area contributed by atoms with Crippen LogP contribution in [0.5, 0.6) is 0 Å². The van der Waals surface area contributed by atoms with E-state index in [0.717, 1.165) is 5.56 Å². The zero-order chi connectivity index (χ0) is 13.9. The van der Waals surface area contributed by atoms with Crippen LogP contribution in [0.1, 0.15) is 0 Å². The van der Waals surface area contributed by atoms with Crippen LogP contribution in [-0.2, 0) is 11.3 Å². The van der Waals surface area contributed by atoms with Crippen molar-refractivity contribution >= 4 is 5.69 Å². The number of ether oxygens (including phenoxy) is 1. The van der Waals surface area contributed by atoms with Gasteiger partial charge < -0.3 is 10.3 Å². The molecule has 2 rings (SSSR count). The number of nitrogen functional groups attached to an aromatic ring is 1. The van der Waals surface area contributed by atoms with Crippen molar-refractivity contribution in [2.24, 2.45) is 0 Å². The molecular formula is C12H12F3N3O. The molecule has 0 spiro atoms. The summed E-state index contributed by atoms with van der Waals surface area (Å²) < 4.78 is 41.0. The Morgan fingerprint density at radius 2 is 1.89 bits per heavy atom. The molecule has 1 aromatic heterocycles. The minimum Gasteiger partial charge on any atom is -0.399 e. The fourth-order valence-electron chi connectivity index (χ4n) is 1.64. The fraction of sp³-hybridized carbons (Fsp3) is 0.250. The first-order chi connectivity index (χ1) is 8.96. The lowest BCUT2D eigenvalue weighted by Crippen LogP contribution is -2.17. The van der Waals surface area contributed by atoms with Crippen molar-refractivity contribution < 1.29 is 17.9 Å². The van der Waals surface area contributed by atoms with E-state index in [1.807, 2.05) is 0 Å². The van der Waals surface area contributed by atoms with Gasteiger partial charge in [0.15, 0.2) is 0 Å². The Balaban J connectivity index is 2.07. The first-order valence-corrected chi connectivity index (χ1v) is 5.53. The number of anilines is 1. The molecule has 0 aliphatic carbocycles. The average molecular weight is 271 g/mol. The van der Waals surface area contributed by atoms with Crippen LogP contribution in [0, 0.1) is 0 Å². The highest BCUT2D eigenvalue weighted by molar-refractivity contribution is 5.59. The van der Waals surface area contributed by atoms with E-state index in [2.05, 4.69) is 9.72 Å². The van der Waals surface area contributed by atoms with E-state index in [1.165, 1.54) is 6.20 Å². The summed E-state index contributed by atoms with van der Waals surface area (Å²) in [4.78, 5) is 4.12. The quantitative estimate of drug-likeness (QED) is 0.870. The maximum atomic E-state index is 11.9. The first-order valence-electron chi connectivity index (χ1n) is 5.53. The van der Waals surface area contributed by atoms with Gasteiger partial charge in [0.25, 0.3) is 0 Å². The molecule has 0 amide bonds. The molecule has 19 heavy (non-hydrogen) atoms. The number of halogens is 3. The number of rotatable bonds is 4. The molecule has 2 aromatic rings. The molecule has 2 N–H and O–H groups in total. The van der Waals surface area contributed by atoms with Crippen LogP contribution in [0.4, 0.5) is 18.9 Å².